The fourth-order valence-corrected chi connectivity index (χ4v) is 6.36. The van der Waals surface area contributed by atoms with Crippen LogP contribution in [0.1, 0.15) is 55.3 Å². The lowest BCUT2D eigenvalue weighted by Crippen LogP contribution is -2.43. The molecule has 0 radical (unpaired) electrons. The summed E-state index contributed by atoms with van der Waals surface area (Å²) in [5, 5.41) is 17.2. The van der Waals surface area contributed by atoms with Crippen molar-refractivity contribution in [2.24, 2.45) is 11.8 Å². The summed E-state index contributed by atoms with van der Waals surface area (Å²) in [6.07, 6.45) is 1.06. The number of benzene rings is 2. The maximum Gasteiger partial charge on any atom is 0.310 e. The number of aromatic hydroxyl groups is 1. The van der Waals surface area contributed by atoms with Gasteiger partial charge in [0.2, 0.25) is 18.4 Å². The molecule has 4 atom stereocenters. The number of carbonyl (C=O) groups is 2. The summed E-state index contributed by atoms with van der Waals surface area (Å²) in [5.74, 6) is -0.261. The highest BCUT2D eigenvalue weighted by Gasteiger charge is 2.53. The van der Waals surface area contributed by atoms with Gasteiger partial charge in [0.05, 0.1) is 32.8 Å². The Morgan fingerprint density at radius 3 is 2.31 bits per heavy atom. The monoisotopic (exact) mass is 583 g/mol. The molecule has 11 heteroatoms. The van der Waals surface area contributed by atoms with Gasteiger partial charge >= 0.3 is 5.97 Å². The minimum Gasteiger partial charge on any atom is -0.502 e. The molecule has 1 fully saturated rings. The molecule has 0 saturated carbocycles. The Morgan fingerprint density at radius 2 is 1.67 bits per heavy atom. The average Bonchev–Trinajstić information content (AvgIpc) is 3.62. The third-order valence-electron chi connectivity index (χ3n) is 8.62. The van der Waals surface area contributed by atoms with Gasteiger partial charge in [-0.15, -0.1) is 0 Å². The molecule has 1 saturated heterocycles. The van der Waals surface area contributed by atoms with Crippen molar-refractivity contribution in [2.75, 3.05) is 60.3 Å². The lowest BCUT2D eigenvalue weighted by molar-refractivity contribution is -0.141. The molecule has 0 aromatic heterocycles. The first kappa shape index (κ1) is 29.8. The zero-order chi connectivity index (χ0) is 29.8. The number of phenolic OH excluding ortho intramolecular Hbond substituents is 1. The molecule has 1 aliphatic carbocycles. The fourth-order valence-electron chi connectivity index (χ4n) is 6.36. The van der Waals surface area contributed by atoms with Gasteiger partial charge in [-0.2, -0.15) is 0 Å². The summed E-state index contributed by atoms with van der Waals surface area (Å²) in [6.45, 7) is 9.22. The zero-order valence-electron chi connectivity index (χ0n) is 24.7. The van der Waals surface area contributed by atoms with Crippen molar-refractivity contribution in [2.45, 2.75) is 38.6 Å². The molecule has 1 amide bonds. The van der Waals surface area contributed by atoms with Crippen LogP contribution in [0.4, 0.5) is 0 Å². The summed E-state index contributed by atoms with van der Waals surface area (Å²) in [4.78, 5) is 28.9. The number of amides is 1. The van der Waals surface area contributed by atoms with Crippen LogP contribution >= 0.6 is 0 Å². The lowest BCUT2D eigenvalue weighted by Gasteiger charge is -2.39. The summed E-state index contributed by atoms with van der Waals surface area (Å²) in [7, 11) is 2.92. The smallest absolute Gasteiger partial charge is 0.310 e. The summed E-state index contributed by atoms with van der Waals surface area (Å²) < 4.78 is 27.9. The number of likely N-dealkylation sites (N-methyl/N-ethyl adjacent to an activating group) is 1. The number of hydrogen-bond acceptors (Lipinski definition) is 10. The van der Waals surface area contributed by atoms with Crippen LogP contribution in [0.5, 0.6) is 28.7 Å². The number of hydrogen-bond donors (Lipinski definition) is 3. The number of methoxy groups -OCH3 is 2. The van der Waals surface area contributed by atoms with Gasteiger partial charge in [0.25, 0.3) is 0 Å². The quantitative estimate of drug-likeness (QED) is 0.239. The third kappa shape index (κ3) is 5.80. The molecule has 42 heavy (non-hydrogen) atoms. The Balaban J connectivity index is 1.41. The van der Waals surface area contributed by atoms with Crippen LogP contribution in [0.15, 0.2) is 24.3 Å². The SMILES string of the molecule is CCN(CC)CCNCCCC(=O)N[C@@H]1c2cc3c(cc2C(c2cc(OC)c(O)c(OC)c2)[C@H]2C(=O)OC[C@H]12)OCO3. The minimum atomic E-state index is -0.580. The van der Waals surface area contributed by atoms with Gasteiger partial charge in [-0.3, -0.25) is 9.59 Å². The molecule has 0 bridgehead atoms. The van der Waals surface area contributed by atoms with E-state index in [2.05, 4.69) is 29.4 Å². The molecule has 2 heterocycles. The molecule has 2 aliphatic heterocycles. The lowest BCUT2D eigenvalue weighted by atomic mass is 9.65. The van der Waals surface area contributed by atoms with Crippen LogP contribution in [0.2, 0.25) is 0 Å². The normalized spacial score (nSPS) is 22.0. The van der Waals surface area contributed by atoms with Crippen molar-refractivity contribution in [3.05, 3.63) is 41.0 Å². The van der Waals surface area contributed by atoms with E-state index >= 15 is 0 Å². The minimum absolute atomic E-state index is 0.0846. The maximum absolute atomic E-state index is 13.3. The van der Waals surface area contributed by atoms with Gasteiger partial charge in [0.1, 0.15) is 0 Å². The van der Waals surface area contributed by atoms with Crippen LogP contribution in [0, 0.1) is 11.8 Å². The van der Waals surface area contributed by atoms with E-state index in [0.29, 0.717) is 24.3 Å². The predicted octanol–water partition coefficient (Wildman–Crippen LogP) is 2.94. The molecule has 228 valence electrons. The summed E-state index contributed by atoms with van der Waals surface area (Å²) in [5.41, 5.74) is 2.38. The van der Waals surface area contributed by atoms with E-state index in [0.717, 1.165) is 49.4 Å². The number of esters is 1. The highest BCUT2D eigenvalue weighted by molar-refractivity contribution is 5.81. The number of nitrogens with one attached hydrogen (secondary N) is 2. The van der Waals surface area contributed by atoms with Crippen LogP contribution in [-0.2, 0) is 14.3 Å². The zero-order valence-corrected chi connectivity index (χ0v) is 24.7. The first-order chi connectivity index (χ1) is 20.4. The van der Waals surface area contributed by atoms with E-state index in [1.54, 1.807) is 12.1 Å². The van der Waals surface area contributed by atoms with E-state index in [1.165, 1.54) is 14.2 Å². The highest BCUT2D eigenvalue weighted by atomic mass is 16.7. The third-order valence-corrected chi connectivity index (χ3v) is 8.62. The second kappa shape index (κ2) is 13.1. The number of phenols is 1. The molecular formula is C31H41N3O8. The number of nitrogens with zero attached hydrogens (tertiary/aromatic N) is 1. The van der Waals surface area contributed by atoms with Gasteiger partial charge < -0.3 is 44.3 Å². The second-order valence-electron chi connectivity index (χ2n) is 10.8. The number of ether oxygens (including phenoxy) is 5. The van der Waals surface area contributed by atoms with Gasteiger partial charge in [0.15, 0.2) is 23.0 Å². The van der Waals surface area contributed by atoms with Gasteiger partial charge in [-0.05, 0) is 67.0 Å². The molecular weight excluding hydrogens is 542 g/mol. The molecule has 11 nitrogen and oxygen atoms in total. The van der Waals surface area contributed by atoms with E-state index in [4.69, 9.17) is 23.7 Å². The molecule has 2 aromatic carbocycles. The molecule has 3 aliphatic rings. The van der Waals surface area contributed by atoms with Crippen LogP contribution in [0.25, 0.3) is 0 Å². The van der Waals surface area contributed by atoms with Crippen LogP contribution in [-0.4, -0.2) is 82.2 Å². The van der Waals surface area contributed by atoms with E-state index in [-0.39, 0.29) is 48.4 Å². The van der Waals surface area contributed by atoms with Crippen molar-refractivity contribution in [3.8, 4) is 28.7 Å². The van der Waals surface area contributed by atoms with Crippen molar-refractivity contribution < 1.29 is 38.4 Å². The maximum atomic E-state index is 13.3. The van der Waals surface area contributed by atoms with Gasteiger partial charge in [-0.25, -0.2) is 0 Å². The summed E-state index contributed by atoms with van der Waals surface area (Å²) >= 11 is 0. The molecule has 3 N–H and O–H groups in total. The number of carbonyl (C=O) groups excluding carboxylic acids is 2. The van der Waals surface area contributed by atoms with Crippen LogP contribution in [0.3, 0.4) is 0 Å². The first-order valence-electron chi connectivity index (χ1n) is 14.7. The number of cyclic esters (lactones) is 1. The van der Waals surface area contributed by atoms with E-state index in [9.17, 15) is 14.7 Å². The molecule has 5 rings (SSSR count). The van der Waals surface area contributed by atoms with Crippen molar-refractivity contribution in [1.29, 1.82) is 0 Å². The highest BCUT2D eigenvalue weighted by Crippen LogP contribution is 2.55. The first-order valence-corrected chi connectivity index (χ1v) is 14.7. The van der Waals surface area contributed by atoms with E-state index < -0.39 is 17.9 Å². The Labute approximate surface area is 246 Å². The average molecular weight is 584 g/mol. The Morgan fingerprint density at radius 1 is 1.00 bits per heavy atom. The largest absolute Gasteiger partial charge is 0.502 e. The van der Waals surface area contributed by atoms with Crippen molar-refractivity contribution >= 4 is 11.9 Å². The Hall–Kier alpha value is -3.70. The van der Waals surface area contributed by atoms with Crippen molar-refractivity contribution in [3.63, 3.8) is 0 Å². The van der Waals surface area contributed by atoms with Crippen LogP contribution < -0.4 is 29.6 Å². The molecule has 2 aromatic rings. The summed E-state index contributed by atoms with van der Waals surface area (Å²) in [6, 6.07) is 6.76. The number of fused-ring (bicyclic) bond motifs is 3. The van der Waals surface area contributed by atoms with Crippen molar-refractivity contribution in [1.82, 2.24) is 15.5 Å². The van der Waals surface area contributed by atoms with Gasteiger partial charge in [0, 0.05) is 31.3 Å². The standard InChI is InChI=1S/C31H41N3O8/c1-5-34(6-2)11-10-32-9-7-8-26(35)33-29-20-15-23-22(41-17-42-23)14-19(20)27(28-21(29)16-40-31(28)37)18-12-24(38-3)30(36)25(13-18)39-4/h12-15,21,27-29,32,36H,5-11,16-17H2,1-4H3,(H,33,35)/t21-,27?,28-,29+/m0/s1. The second-order valence-corrected chi connectivity index (χ2v) is 10.8. The Kier molecular flexibility index (Phi) is 9.27. The fraction of sp³-hybridized carbons (Fsp3) is 0.548. The topological polar surface area (TPSA) is 128 Å². The Bertz CT molecular complexity index is 1270. The molecule has 0 spiro atoms. The predicted molar refractivity (Wildman–Crippen MR) is 154 cm³/mol. The van der Waals surface area contributed by atoms with E-state index in [1.807, 2.05) is 12.1 Å². The number of rotatable bonds is 13. The van der Waals surface area contributed by atoms with Gasteiger partial charge in [-0.1, -0.05) is 13.8 Å². The molecule has 1 unspecified atom stereocenters.